The summed E-state index contributed by atoms with van der Waals surface area (Å²) in [6.45, 7) is 6.16. The molecule has 3 nitrogen and oxygen atoms in total. The molecule has 0 spiro atoms. The van der Waals surface area contributed by atoms with Crippen molar-refractivity contribution in [3.63, 3.8) is 0 Å². The van der Waals surface area contributed by atoms with Gasteiger partial charge in [0.1, 0.15) is 5.76 Å². The first-order valence-electron chi connectivity index (χ1n) is 7.15. The van der Waals surface area contributed by atoms with E-state index in [1.54, 1.807) is 0 Å². The van der Waals surface area contributed by atoms with Gasteiger partial charge < -0.3 is 9.73 Å². The second-order valence-corrected chi connectivity index (χ2v) is 5.76. The normalized spacial score (nSPS) is 17.2. The number of nitrogens with zero attached hydrogens (tertiary/aromatic N) is 1. The van der Waals surface area contributed by atoms with Crippen LogP contribution in [0, 0.1) is 0 Å². The Kier molecular flexibility index (Phi) is 4.84. The van der Waals surface area contributed by atoms with E-state index >= 15 is 0 Å². The molecule has 1 saturated carbocycles. The lowest BCUT2D eigenvalue weighted by Crippen LogP contribution is -2.29. The van der Waals surface area contributed by atoms with Crippen molar-refractivity contribution in [2.24, 2.45) is 0 Å². The van der Waals surface area contributed by atoms with Crippen LogP contribution in [0.5, 0.6) is 0 Å². The minimum Gasteiger partial charge on any atom is -0.468 e. The molecular formula is C15H26N2O. The van der Waals surface area contributed by atoms with Gasteiger partial charge in [0.25, 0.3) is 0 Å². The summed E-state index contributed by atoms with van der Waals surface area (Å²) in [5.74, 6) is 1.09. The van der Waals surface area contributed by atoms with Crippen molar-refractivity contribution < 1.29 is 4.42 Å². The van der Waals surface area contributed by atoms with E-state index in [2.05, 4.69) is 37.2 Å². The molecule has 0 bridgehead atoms. The molecule has 1 N–H and O–H groups in total. The van der Waals surface area contributed by atoms with Gasteiger partial charge in [0.05, 0.1) is 12.8 Å². The van der Waals surface area contributed by atoms with Crippen LogP contribution in [0.1, 0.15) is 50.9 Å². The molecule has 1 aliphatic carbocycles. The van der Waals surface area contributed by atoms with Crippen LogP contribution in [0.25, 0.3) is 0 Å². The maximum atomic E-state index is 5.59. The van der Waals surface area contributed by atoms with Gasteiger partial charge in [-0.3, -0.25) is 4.90 Å². The van der Waals surface area contributed by atoms with Crippen LogP contribution in [0.2, 0.25) is 0 Å². The molecular weight excluding hydrogens is 224 g/mol. The largest absolute Gasteiger partial charge is 0.468 e. The summed E-state index contributed by atoms with van der Waals surface area (Å²) in [5.41, 5.74) is 1.33. The van der Waals surface area contributed by atoms with Crippen LogP contribution < -0.4 is 5.32 Å². The lowest BCUT2D eigenvalue weighted by Gasteiger charge is -2.23. The molecule has 3 heteroatoms. The van der Waals surface area contributed by atoms with Crippen LogP contribution in [0.3, 0.4) is 0 Å². The van der Waals surface area contributed by atoms with Crippen molar-refractivity contribution in [2.75, 3.05) is 7.05 Å². The lowest BCUT2D eigenvalue weighted by atomic mass is 10.1. The summed E-state index contributed by atoms with van der Waals surface area (Å²) in [4.78, 5) is 2.48. The fraction of sp³-hybridized carbons (Fsp3) is 0.733. The Hall–Kier alpha value is -0.800. The van der Waals surface area contributed by atoms with Crippen LogP contribution in [-0.4, -0.2) is 24.0 Å². The highest BCUT2D eigenvalue weighted by molar-refractivity contribution is 5.17. The highest BCUT2D eigenvalue weighted by Gasteiger charge is 2.20. The molecule has 1 aromatic rings. The molecule has 0 aliphatic heterocycles. The molecule has 1 aliphatic rings. The second kappa shape index (κ2) is 6.39. The minimum atomic E-state index is 0.496. The Labute approximate surface area is 111 Å². The van der Waals surface area contributed by atoms with Gasteiger partial charge in [-0.05, 0) is 26.0 Å². The number of rotatable bonds is 6. The Bertz CT molecular complexity index is 353. The molecule has 1 heterocycles. The van der Waals surface area contributed by atoms with E-state index in [9.17, 15) is 0 Å². The summed E-state index contributed by atoms with van der Waals surface area (Å²) in [6, 6.07) is 3.38. The zero-order valence-electron chi connectivity index (χ0n) is 11.9. The number of nitrogens with one attached hydrogen (secondary N) is 1. The molecule has 2 rings (SSSR count). The van der Waals surface area contributed by atoms with E-state index in [0.29, 0.717) is 6.04 Å². The van der Waals surface area contributed by atoms with Gasteiger partial charge in [0.15, 0.2) is 0 Å². The first-order valence-corrected chi connectivity index (χ1v) is 7.15. The van der Waals surface area contributed by atoms with Crippen LogP contribution >= 0.6 is 0 Å². The van der Waals surface area contributed by atoms with E-state index in [-0.39, 0.29) is 0 Å². The number of furan rings is 1. The summed E-state index contributed by atoms with van der Waals surface area (Å²) in [5, 5.41) is 3.42. The fourth-order valence-electron chi connectivity index (χ4n) is 2.70. The molecule has 18 heavy (non-hydrogen) atoms. The van der Waals surface area contributed by atoms with E-state index in [4.69, 9.17) is 4.42 Å². The van der Waals surface area contributed by atoms with Gasteiger partial charge in [-0.1, -0.05) is 26.7 Å². The first-order chi connectivity index (χ1) is 8.66. The third-order valence-electron chi connectivity index (χ3n) is 3.88. The van der Waals surface area contributed by atoms with Gasteiger partial charge in [0, 0.05) is 24.2 Å². The maximum Gasteiger partial charge on any atom is 0.122 e. The third-order valence-corrected chi connectivity index (χ3v) is 3.88. The molecule has 0 atom stereocenters. The Balaban J connectivity index is 1.90. The van der Waals surface area contributed by atoms with Gasteiger partial charge >= 0.3 is 0 Å². The van der Waals surface area contributed by atoms with Crippen LogP contribution in [-0.2, 0) is 13.1 Å². The SMILES string of the molecule is CC(C)NCc1occc1CN(C)C1CCCC1. The summed E-state index contributed by atoms with van der Waals surface area (Å²) >= 11 is 0. The molecule has 1 fully saturated rings. The van der Waals surface area contributed by atoms with E-state index in [1.165, 1.54) is 31.2 Å². The Morgan fingerprint density at radius 1 is 1.39 bits per heavy atom. The predicted molar refractivity (Wildman–Crippen MR) is 74.4 cm³/mol. The molecule has 0 aromatic carbocycles. The summed E-state index contributed by atoms with van der Waals surface area (Å²) in [7, 11) is 2.24. The zero-order valence-corrected chi connectivity index (χ0v) is 11.9. The van der Waals surface area contributed by atoms with E-state index in [0.717, 1.165) is 24.9 Å². The number of hydrogen-bond acceptors (Lipinski definition) is 3. The average Bonchev–Trinajstić information content (AvgIpc) is 2.97. The van der Waals surface area contributed by atoms with Gasteiger partial charge in [-0.2, -0.15) is 0 Å². The lowest BCUT2D eigenvalue weighted by molar-refractivity contribution is 0.235. The standard InChI is InChI=1S/C15H26N2O/c1-12(2)16-10-15-13(8-9-18-15)11-17(3)14-6-4-5-7-14/h8-9,12,14,16H,4-7,10-11H2,1-3H3. The van der Waals surface area contributed by atoms with Gasteiger partial charge in [-0.25, -0.2) is 0 Å². The molecule has 0 unspecified atom stereocenters. The van der Waals surface area contributed by atoms with Crippen LogP contribution in [0.15, 0.2) is 16.7 Å². The molecule has 0 radical (unpaired) electrons. The van der Waals surface area contributed by atoms with Crippen molar-refractivity contribution in [2.45, 2.75) is 64.7 Å². The molecule has 102 valence electrons. The number of hydrogen-bond donors (Lipinski definition) is 1. The van der Waals surface area contributed by atoms with Gasteiger partial charge in [-0.15, -0.1) is 0 Å². The molecule has 0 saturated heterocycles. The minimum absolute atomic E-state index is 0.496. The van der Waals surface area contributed by atoms with Crippen molar-refractivity contribution >= 4 is 0 Å². The average molecular weight is 250 g/mol. The van der Waals surface area contributed by atoms with Crippen molar-refractivity contribution in [3.05, 3.63) is 23.7 Å². The highest BCUT2D eigenvalue weighted by atomic mass is 16.3. The maximum absolute atomic E-state index is 5.59. The summed E-state index contributed by atoms with van der Waals surface area (Å²) in [6.07, 6.45) is 7.31. The van der Waals surface area contributed by atoms with Crippen LogP contribution in [0.4, 0.5) is 0 Å². The fourth-order valence-corrected chi connectivity index (χ4v) is 2.70. The zero-order chi connectivity index (χ0) is 13.0. The van der Waals surface area contributed by atoms with E-state index < -0.39 is 0 Å². The predicted octanol–water partition coefficient (Wildman–Crippen LogP) is 3.15. The van der Waals surface area contributed by atoms with E-state index in [1.807, 2.05) is 6.26 Å². The monoisotopic (exact) mass is 250 g/mol. The topological polar surface area (TPSA) is 28.4 Å². The molecule has 1 aromatic heterocycles. The smallest absolute Gasteiger partial charge is 0.122 e. The van der Waals surface area contributed by atoms with Gasteiger partial charge in [0.2, 0.25) is 0 Å². The first kappa shape index (κ1) is 13.6. The third kappa shape index (κ3) is 3.59. The van der Waals surface area contributed by atoms with Crippen molar-refractivity contribution in [1.29, 1.82) is 0 Å². The Morgan fingerprint density at radius 3 is 2.78 bits per heavy atom. The van der Waals surface area contributed by atoms with Crippen molar-refractivity contribution in [1.82, 2.24) is 10.2 Å². The molecule has 0 amide bonds. The highest BCUT2D eigenvalue weighted by Crippen LogP contribution is 2.24. The quantitative estimate of drug-likeness (QED) is 0.840. The summed E-state index contributed by atoms with van der Waals surface area (Å²) < 4.78 is 5.59. The van der Waals surface area contributed by atoms with Crippen molar-refractivity contribution in [3.8, 4) is 0 Å². The Morgan fingerprint density at radius 2 is 2.11 bits per heavy atom. The second-order valence-electron chi connectivity index (χ2n) is 5.76.